The fourth-order valence-electron chi connectivity index (χ4n) is 2.92. The van der Waals surface area contributed by atoms with E-state index in [4.69, 9.17) is 10.8 Å². The Bertz CT molecular complexity index is 980. The van der Waals surface area contributed by atoms with Gasteiger partial charge in [-0.2, -0.15) is 25.3 Å². The second kappa shape index (κ2) is 16.5. The van der Waals surface area contributed by atoms with E-state index in [1.165, 1.54) is 12.5 Å². The van der Waals surface area contributed by atoms with Crippen LogP contribution in [0.5, 0.6) is 0 Å². The first-order valence-electron chi connectivity index (χ1n) is 11.1. The van der Waals surface area contributed by atoms with Crippen molar-refractivity contribution in [1.29, 1.82) is 0 Å². The molecule has 0 saturated heterocycles. The molecule has 0 aliphatic carbocycles. The first-order valence-corrected chi connectivity index (χ1v) is 12.4. The molecular weight excluding hydrogens is 546 g/mol. The van der Waals surface area contributed by atoms with E-state index < -0.39 is 85.2 Å². The molecule has 0 aliphatic heterocycles. The number of aromatic nitrogens is 2. The predicted octanol–water partition coefficient (Wildman–Crippen LogP) is -3.98. The van der Waals surface area contributed by atoms with Gasteiger partial charge in [-0.05, 0) is 6.42 Å². The number of nitrogens with one attached hydrogen (secondary N) is 5. The molecule has 212 valence electrons. The van der Waals surface area contributed by atoms with Crippen molar-refractivity contribution in [3.8, 4) is 0 Å². The molecule has 0 radical (unpaired) electrons. The zero-order valence-corrected chi connectivity index (χ0v) is 21.8. The van der Waals surface area contributed by atoms with Crippen LogP contribution < -0.4 is 27.0 Å². The third-order valence-corrected chi connectivity index (χ3v) is 5.79. The maximum atomic E-state index is 12.9. The van der Waals surface area contributed by atoms with E-state index in [0.717, 1.165) is 0 Å². The Morgan fingerprint density at radius 3 is 1.92 bits per heavy atom. The topological polar surface area (TPSA) is 266 Å². The highest BCUT2D eigenvalue weighted by Crippen LogP contribution is 2.04. The van der Waals surface area contributed by atoms with Crippen molar-refractivity contribution in [2.24, 2.45) is 5.73 Å². The normalized spacial score (nSPS) is 14.7. The molecule has 1 aromatic heterocycles. The number of carboxylic acids is 2. The molecule has 0 unspecified atom stereocenters. The van der Waals surface area contributed by atoms with Crippen LogP contribution in [0.4, 0.5) is 0 Å². The van der Waals surface area contributed by atoms with Gasteiger partial charge in [0, 0.05) is 30.5 Å². The lowest BCUT2D eigenvalue weighted by atomic mass is 10.1. The van der Waals surface area contributed by atoms with Crippen molar-refractivity contribution in [2.45, 2.75) is 49.5 Å². The van der Waals surface area contributed by atoms with Crippen molar-refractivity contribution in [1.82, 2.24) is 31.2 Å². The molecule has 0 aliphatic rings. The number of hydrogen-bond acceptors (Lipinski definition) is 11. The van der Waals surface area contributed by atoms with Gasteiger partial charge in [-0.15, -0.1) is 0 Å². The molecular formula is C20H31N7O9S2. The van der Waals surface area contributed by atoms with Gasteiger partial charge in [0.25, 0.3) is 0 Å². The van der Waals surface area contributed by atoms with E-state index >= 15 is 0 Å². The number of thiol groups is 2. The van der Waals surface area contributed by atoms with Gasteiger partial charge in [0.05, 0.1) is 24.7 Å². The Labute approximate surface area is 227 Å². The minimum absolute atomic E-state index is 0.0487. The Hall–Kier alpha value is -3.35. The molecule has 16 nitrogen and oxygen atoms in total. The maximum absolute atomic E-state index is 12.9. The van der Waals surface area contributed by atoms with E-state index in [0.29, 0.717) is 5.69 Å². The lowest BCUT2D eigenvalue weighted by Crippen LogP contribution is -2.59. The quantitative estimate of drug-likeness (QED) is 0.0795. The van der Waals surface area contributed by atoms with Crippen molar-refractivity contribution < 1.29 is 44.1 Å². The zero-order valence-electron chi connectivity index (χ0n) is 20.0. The number of H-pyrrole nitrogens is 1. The monoisotopic (exact) mass is 577 g/mol. The van der Waals surface area contributed by atoms with E-state index in [1.54, 1.807) is 0 Å². The highest BCUT2D eigenvalue weighted by molar-refractivity contribution is 7.80. The predicted molar refractivity (Wildman–Crippen MR) is 137 cm³/mol. The van der Waals surface area contributed by atoms with Gasteiger partial charge in [0.2, 0.25) is 23.6 Å². The maximum Gasteiger partial charge on any atom is 0.326 e. The van der Waals surface area contributed by atoms with E-state index in [2.05, 4.69) is 56.5 Å². The van der Waals surface area contributed by atoms with Crippen LogP contribution in [-0.4, -0.2) is 109 Å². The van der Waals surface area contributed by atoms with Crippen molar-refractivity contribution in [2.75, 3.05) is 18.1 Å². The van der Waals surface area contributed by atoms with Gasteiger partial charge in [-0.1, -0.05) is 0 Å². The lowest BCUT2D eigenvalue weighted by molar-refractivity contribution is -0.142. The fraction of sp³-hybridized carbons (Fsp3) is 0.550. The number of nitrogens with zero attached hydrogens (tertiary/aromatic N) is 1. The number of nitrogens with two attached hydrogens (primary N) is 1. The molecule has 1 aromatic rings. The molecule has 1 rings (SSSR count). The minimum atomic E-state index is -1.52. The second-order valence-electron chi connectivity index (χ2n) is 7.93. The smallest absolute Gasteiger partial charge is 0.326 e. The minimum Gasteiger partial charge on any atom is -0.481 e. The number of imidazole rings is 1. The van der Waals surface area contributed by atoms with E-state index in [-0.39, 0.29) is 17.9 Å². The van der Waals surface area contributed by atoms with Crippen LogP contribution in [0.1, 0.15) is 18.5 Å². The van der Waals surface area contributed by atoms with Gasteiger partial charge < -0.3 is 47.3 Å². The van der Waals surface area contributed by atoms with Gasteiger partial charge >= 0.3 is 11.9 Å². The lowest BCUT2D eigenvalue weighted by Gasteiger charge is -2.25. The number of aliphatic hydroxyl groups excluding tert-OH is 1. The number of aliphatic hydroxyl groups is 1. The summed E-state index contributed by atoms with van der Waals surface area (Å²) in [5.41, 5.74) is 5.88. The number of rotatable bonds is 17. The summed E-state index contributed by atoms with van der Waals surface area (Å²) in [4.78, 5) is 79.3. The van der Waals surface area contributed by atoms with Crippen molar-refractivity contribution in [3.05, 3.63) is 18.2 Å². The number of aliphatic carboxylic acids is 2. The molecule has 18 heteroatoms. The Morgan fingerprint density at radius 1 is 0.868 bits per heavy atom. The van der Waals surface area contributed by atoms with Gasteiger partial charge in [-0.3, -0.25) is 24.0 Å². The molecule has 0 aromatic carbocycles. The molecule has 0 fully saturated rings. The van der Waals surface area contributed by atoms with Crippen LogP contribution in [0.2, 0.25) is 0 Å². The first kappa shape index (κ1) is 32.7. The van der Waals surface area contributed by atoms with Gasteiger partial charge in [-0.25, -0.2) is 9.78 Å². The second-order valence-corrected chi connectivity index (χ2v) is 8.66. The molecule has 0 bridgehead atoms. The third-order valence-electron chi connectivity index (χ3n) is 5.03. The number of carbonyl (C=O) groups is 6. The Balaban J connectivity index is 2.94. The van der Waals surface area contributed by atoms with Crippen LogP contribution in [0.15, 0.2) is 12.5 Å². The summed E-state index contributed by atoms with van der Waals surface area (Å²) >= 11 is 7.87. The van der Waals surface area contributed by atoms with Crippen LogP contribution >= 0.6 is 25.3 Å². The highest BCUT2D eigenvalue weighted by atomic mass is 32.1. The molecule has 10 N–H and O–H groups in total. The third kappa shape index (κ3) is 11.0. The Kier molecular flexibility index (Phi) is 14.2. The summed E-state index contributed by atoms with van der Waals surface area (Å²) in [6.45, 7) is -0.863. The number of amides is 4. The summed E-state index contributed by atoms with van der Waals surface area (Å²) < 4.78 is 0. The molecule has 4 amide bonds. The molecule has 5 atom stereocenters. The summed E-state index contributed by atoms with van der Waals surface area (Å²) in [6.07, 6.45) is 1.67. The van der Waals surface area contributed by atoms with Crippen molar-refractivity contribution in [3.63, 3.8) is 0 Å². The standard InChI is InChI=1S/C20H31N7O9S2/c21-10(6-37)16(31)26-13(5-28)18(33)24-11(1-2-15(29)30)17(32)27-14(7-38)19(34)25-12(20(35)36)3-9-4-22-8-23-9/h4,8,10-14,28,37-38H,1-3,5-7,21H2,(H,22,23)(H,24,33)(H,25,34)(H,26,31)(H,27,32)(H,29,30)(H,35,36)/t10-,11-,12-,13-,14-/m0/s1. The summed E-state index contributed by atoms with van der Waals surface area (Å²) in [5, 5.41) is 36.9. The average molecular weight is 578 g/mol. The summed E-state index contributed by atoms with van der Waals surface area (Å²) in [7, 11) is 0. The molecule has 0 spiro atoms. The molecule has 0 saturated carbocycles. The number of hydrogen-bond donors (Lipinski definition) is 11. The van der Waals surface area contributed by atoms with Crippen molar-refractivity contribution >= 4 is 60.8 Å². The Morgan fingerprint density at radius 2 is 1.42 bits per heavy atom. The SMILES string of the molecule is N[C@@H](CS)C(=O)N[C@@H](CO)C(=O)N[C@@H](CCC(=O)O)C(=O)N[C@@H](CS)C(=O)N[C@@H](Cc1c[nH]cn1)C(=O)O. The largest absolute Gasteiger partial charge is 0.481 e. The van der Waals surface area contributed by atoms with Gasteiger partial charge in [0.1, 0.15) is 24.2 Å². The molecule has 1 heterocycles. The number of carboxylic acid groups (broad SMARTS) is 2. The van der Waals surface area contributed by atoms with E-state index in [1.807, 2.05) is 0 Å². The summed E-state index contributed by atoms with van der Waals surface area (Å²) in [6, 6.07) is -6.85. The fourth-order valence-corrected chi connectivity index (χ4v) is 3.34. The zero-order chi connectivity index (χ0) is 28.8. The van der Waals surface area contributed by atoms with E-state index in [9.17, 15) is 39.0 Å². The average Bonchev–Trinajstić information content (AvgIpc) is 3.39. The first-order chi connectivity index (χ1) is 17.9. The van der Waals surface area contributed by atoms with Crippen LogP contribution in [0.25, 0.3) is 0 Å². The number of aromatic amines is 1. The van der Waals surface area contributed by atoms with Crippen LogP contribution in [0.3, 0.4) is 0 Å². The highest BCUT2D eigenvalue weighted by Gasteiger charge is 2.31. The van der Waals surface area contributed by atoms with Crippen LogP contribution in [0, 0.1) is 0 Å². The van der Waals surface area contributed by atoms with Crippen LogP contribution in [-0.2, 0) is 35.2 Å². The molecule has 38 heavy (non-hydrogen) atoms. The number of carbonyl (C=O) groups excluding carboxylic acids is 4. The van der Waals surface area contributed by atoms with Gasteiger partial charge in [0.15, 0.2) is 0 Å². The summed E-state index contributed by atoms with van der Waals surface area (Å²) in [5.74, 6) is -6.66.